The Hall–Kier alpha value is -1.06. The molecule has 110 valence electrons. The van der Waals surface area contributed by atoms with Crippen molar-refractivity contribution in [1.82, 2.24) is 0 Å². The molecule has 1 amide bonds. The smallest absolute Gasteiger partial charge is 0.311 e. The van der Waals surface area contributed by atoms with Crippen molar-refractivity contribution in [1.29, 1.82) is 0 Å². The van der Waals surface area contributed by atoms with Gasteiger partial charge in [0.25, 0.3) is 0 Å². The van der Waals surface area contributed by atoms with E-state index in [9.17, 15) is 14.7 Å². The number of carboxylic acids is 1. The van der Waals surface area contributed by atoms with Gasteiger partial charge >= 0.3 is 5.97 Å². The van der Waals surface area contributed by atoms with E-state index in [4.69, 9.17) is 5.73 Å². The van der Waals surface area contributed by atoms with Crippen LogP contribution in [0.5, 0.6) is 0 Å². The molecule has 4 rings (SSSR count). The number of primary amides is 1. The highest BCUT2D eigenvalue weighted by Gasteiger charge is 2.77. The number of hydrogen-bond donors (Lipinski definition) is 2. The molecule has 4 nitrogen and oxygen atoms in total. The molecule has 0 bridgehead atoms. The minimum Gasteiger partial charge on any atom is -0.481 e. The summed E-state index contributed by atoms with van der Waals surface area (Å²) in [6.45, 7) is 0. The lowest BCUT2D eigenvalue weighted by Crippen LogP contribution is -2.60. The van der Waals surface area contributed by atoms with Crippen LogP contribution in [0.3, 0.4) is 0 Å². The van der Waals surface area contributed by atoms with Crippen LogP contribution >= 0.6 is 0 Å². The maximum absolute atomic E-state index is 12.6. The highest BCUT2D eigenvalue weighted by Crippen LogP contribution is 2.75. The molecular formula is C16H23NO3. The molecule has 3 N–H and O–H groups in total. The summed E-state index contributed by atoms with van der Waals surface area (Å²) in [6, 6.07) is 0. The fraction of sp³-hybridized carbons (Fsp3) is 0.875. The molecule has 0 atom stereocenters. The minimum atomic E-state index is -0.832. The Morgan fingerprint density at radius 2 is 1.05 bits per heavy atom. The van der Waals surface area contributed by atoms with E-state index >= 15 is 0 Å². The lowest BCUT2D eigenvalue weighted by molar-refractivity contribution is -0.176. The summed E-state index contributed by atoms with van der Waals surface area (Å²) in [7, 11) is 0. The number of rotatable bonds is 7. The van der Waals surface area contributed by atoms with Gasteiger partial charge in [-0.3, -0.25) is 9.59 Å². The minimum absolute atomic E-state index is 0.196. The Labute approximate surface area is 119 Å². The van der Waals surface area contributed by atoms with Crippen LogP contribution in [0.25, 0.3) is 0 Å². The van der Waals surface area contributed by atoms with E-state index in [0.29, 0.717) is 0 Å². The number of carbonyl (C=O) groups excluding carboxylic acids is 1. The summed E-state index contributed by atoms with van der Waals surface area (Å²) in [5, 5.41) is 10.2. The molecule has 4 fully saturated rings. The normalized spacial score (nSPS) is 27.4. The third-order valence-corrected chi connectivity index (χ3v) is 6.33. The van der Waals surface area contributed by atoms with Crippen LogP contribution in [-0.4, -0.2) is 17.0 Å². The van der Waals surface area contributed by atoms with Crippen LogP contribution in [0.15, 0.2) is 0 Å². The molecule has 4 aliphatic rings. The lowest BCUT2D eigenvalue weighted by Gasteiger charge is -2.48. The summed E-state index contributed by atoms with van der Waals surface area (Å²) >= 11 is 0. The predicted octanol–water partition coefficient (Wildman–Crippen LogP) is 2.17. The van der Waals surface area contributed by atoms with Crippen molar-refractivity contribution in [2.75, 3.05) is 0 Å². The molecule has 20 heavy (non-hydrogen) atoms. The van der Waals surface area contributed by atoms with E-state index in [1.165, 1.54) is 0 Å². The number of amides is 1. The van der Waals surface area contributed by atoms with Crippen LogP contribution in [-0.2, 0) is 9.59 Å². The highest BCUT2D eigenvalue weighted by molar-refractivity contribution is 5.92. The van der Waals surface area contributed by atoms with Gasteiger partial charge in [-0.15, -0.1) is 0 Å². The Balaban J connectivity index is 1.90. The maximum Gasteiger partial charge on any atom is 0.311 e. The van der Waals surface area contributed by atoms with Crippen LogP contribution in [0.2, 0.25) is 0 Å². The van der Waals surface area contributed by atoms with Gasteiger partial charge < -0.3 is 10.8 Å². The van der Waals surface area contributed by atoms with Gasteiger partial charge in [-0.25, -0.2) is 0 Å². The fourth-order valence-corrected chi connectivity index (χ4v) is 5.30. The van der Waals surface area contributed by atoms with Gasteiger partial charge in [0.2, 0.25) is 5.91 Å². The van der Waals surface area contributed by atoms with Crippen molar-refractivity contribution >= 4 is 11.9 Å². The number of aliphatic carboxylic acids is 1. The Morgan fingerprint density at radius 1 is 0.750 bits per heavy atom. The molecule has 0 aromatic carbocycles. The summed E-state index contributed by atoms with van der Waals surface area (Å²) in [5.74, 6) is -0.152. The molecule has 0 saturated heterocycles. The van der Waals surface area contributed by atoms with Crippen molar-refractivity contribution < 1.29 is 14.7 Å². The second kappa shape index (κ2) is 3.77. The Morgan fingerprint density at radius 3 is 1.25 bits per heavy atom. The average Bonchev–Trinajstić information content (AvgIpc) is 3.22. The first-order valence-corrected chi connectivity index (χ1v) is 8.09. The van der Waals surface area contributed by atoms with Gasteiger partial charge in [0.15, 0.2) is 0 Å². The van der Waals surface area contributed by atoms with Gasteiger partial charge in [-0.05, 0) is 75.0 Å². The maximum atomic E-state index is 12.6. The van der Waals surface area contributed by atoms with E-state index < -0.39 is 16.8 Å². The first kappa shape index (κ1) is 12.7. The number of hydrogen-bond acceptors (Lipinski definition) is 2. The molecule has 4 saturated carbocycles. The Bertz CT molecular complexity index is 402. The summed E-state index contributed by atoms with van der Waals surface area (Å²) in [6.07, 6.45) is 7.85. The molecule has 4 aliphatic carbocycles. The van der Waals surface area contributed by atoms with Crippen LogP contribution in [0, 0.1) is 34.5 Å². The van der Waals surface area contributed by atoms with Gasteiger partial charge in [0.1, 0.15) is 0 Å². The van der Waals surface area contributed by atoms with E-state index in [1.807, 2.05) is 0 Å². The molecule has 0 unspecified atom stereocenters. The average molecular weight is 277 g/mol. The second-order valence-corrected chi connectivity index (χ2v) is 7.50. The third kappa shape index (κ3) is 1.38. The SMILES string of the molecule is NC(=O)C(C1CC1)(C1CC1)C(C(=O)O)(C1CC1)C1CC1. The third-order valence-electron chi connectivity index (χ3n) is 6.33. The van der Waals surface area contributed by atoms with Crippen LogP contribution in [0.4, 0.5) is 0 Å². The molecule has 0 heterocycles. The predicted molar refractivity (Wildman–Crippen MR) is 72.6 cm³/mol. The second-order valence-electron chi connectivity index (χ2n) is 7.50. The molecule has 0 radical (unpaired) electrons. The van der Waals surface area contributed by atoms with E-state index in [0.717, 1.165) is 51.4 Å². The molecular weight excluding hydrogens is 254 g/mol. The largest absolute Gasteiger partial charge is 0.481 e. The monoisotopic (exact) mass is 277 g/mol. The Kier molecular flexibility index (Phi) is 2.39. The van der Waals surface area contributed by atoms with Crippen LogP contribution in [0.1, 0.15) is 51.4 Å². The molecule has 0 aromatic heterocycles. The molecule has 0 aliphatic heterocycles. The topological polar surface area (TPSA) is 80.4 Å². The summed E-state index contributed by atoms with van der Waals surface area (Å²) in [4.78, 5) is 25.0. The highest BCUT2D eigenvalue weighted by atomic mass is 16.4. The molecule has 4 heteroatoms. The molecule has 0 spiro atoms. The van der Waals surface area contributed by atoms with Crippen molar-refractivity contribution in [3.63, 3.8) is 0 Å². The first-order chi connectivity index (χ1) is 9.56. The van der Waals surface area contributed by atoms with Gasteiger partial charge in [-0.2, -0.15) is 0 Å². The van der Waals surface area contributed by atoms with Crippen molar-refractivity contribution in [2.45, 2.75) is 51.4 Å². The quantitative estimate of drug-likeness (QED) is 0.748. The summed E-state index contributed by atoms with van der Waals surface area (Å²) in [5.41, 5.74) is 4.34. The van der Waals surface area contributed by atoms with Gasteiger partial charge in [0.05, 0.1) is 10.8 Å². The van der Waals surface area contributed by atoms with Gasteiger partial charge in [0, 0.05) is 0 Å². The van der Waals surface area contributed by atoms with Gasteiger partial charge in [-0.1, -0.05) is 0 Å². The molecule has 0 aromatic rings. The lowest BCUT2D eigenvalue weighted by atomic mass is 9.52. The number of carbonyl (C=O) groups is 2. The zero-order valence-corrected chi connectivity index (χ0v) is 11.8. The zero-order valence-electron chi connectivity index (χ0n) is 11.8. The number of nitrogens with two attached hydrogens (primary N) is 1. The van der Waals surface area contributed by atoms with E-state index in [1.54, 1.807) is 0 Å². The summed E-state index contributed by atoms with van der Waals surface area (Å²) < 4.78 is 0. The van der Waals surface area contributed by atoms with Crippen LogP contribution < -0.4 is 5.73 Å². The fourth-order valence-electron chi connectivity index (χ4n) is 5.30. The van der Waals surface area contributed by atoms with E-state index in [2.05, 4.69) is 0 Å². The van der Waals surface area contributed by atoms with Crippen molar-refractivity contribution in [2.24, 2.45) is 40.2 Å². The van der Waals surface area contributed by atoms with E-state index in [-0.39, 0.29) is 29.6 Å². The number of carboxylic acid groups (broad SMARTS) is 1. The standard InChI is InChI=1S/C16H23NO3/c17-13(18)15(9-1-2-9,10-3-4-10)16(14(19)20,11-5-6-11)12-7-8-12/h9-12H,1-8H2,(H2,17,18)(H,19,20). The van der Waals surface area contributed by atoms with Crippen molar-refractivity contribution in [3.8, 4) is 0 Å². The van der Waals surface area contributed by atoms with Crippen molar-refractivity contribution in [3.05, 3.63) is 0 Å². The zero-order chi connectivity index (χ0) is 14.1. The first-order valence-electron chi connectivity index (χ1n) is 8.09.